The molecule has 0 bridgehead atoms. The van der Waals surface area contributed by atoms with Crippen molar-refractivity contribution in [3.63, 3.8) is 0 Å². The van der Waals surface area contributed by atoms with Gasteiger partial charge in [0.15, 0.2) is 5.72 Å². The molecular weight excluding hydrogens is 409 g/mol. The lowest BCUT2D eigenvalue weighted by Crippen LogP contribution is -2.50. The van der Waals surface area contributed by atoms with Gasteiger partial charge in [-0.1, -0.05) is 41.9 Å². The lowest BCUT2D eigenvalue weighted by Gasteiger charge is -2.38. The number of hydrogen-bond acceptors (Lipinski definition) is 3. The molecule has 0 spiro atoms. The number of benzene rings is 2. The van der Waals surface area contributed by atoms with Crippen LogP contribution in [0, 0.1) is 5.82 Å². The summed E-state index contributed by atoms with van der Waals surface area (Å²) in [6, 6.07) is 11.2. The van der Waals surface area contributed by atoms with Crippen molar-refractivity contribution in [2.75, 3.05) is 13.1 Å². The normalized spacial score (nSPS) is 28.8. The van der Waals surface area contributed by atoms with Crippen molar-refractivity contribution in [2.45, 2.75) is 31.1 Å². The number of rotatable bonds is 2. The minimum Gasteiger partial charge on any atom is -0.468 e. The molecule has 2 aliphatic heterocycles. The average Bonchev–Trinajstić information content (AvgIpc) is 3.15. The fourth-order valence-corrected chi connectivity index (χ4v) is 4.49. The van der Waals surface area contributed by atoms with Gasteiger partial charge in [0, 0.05) is 41.2 Å². The van der Waals surface area contributed by atoms with Gasteiger partial charge in [-0.25, -0.2) is 4.39 Å². The molecule has 25 heavy (non-hydrogen) atoms. The van der Waals surface area contributed by atoms with E-state index in [1.54, 1.807) is 0 Å². The van der Waals surface area contributed by atoms with Crippen LogP contribution in [0.15, 0.2) is 40.9 Å². The fraction of sp³-hybridized carbons (Fsp3) is 0.368. The molecule has 6 heteroatoms. The first kappa shape index (κ1) is 17.3. The fourth-order valence-electron chi connectivity index (χ4n) is 3.80. The molecule has 0 radical (unpaired) electrons. The smallest absolute Gasteiger partial charge is 0.194 e. The Morgan fingerprint density at radius 3 is 2.68 bits per heavy atom. The molecule has 1 unspecified atom stereocenters. The molecule has 4 rings (SSSR count). The van der Waals surface area contributed by atoms with Crippen LogP contribution in [0.5, 0.6) is 5.75 Å². The Hall–Kier alpha value is -1.14. The van der Waals surface area contributed by atoms with Crippen LogP contribution in [0.1, 0.15) is 24.5 Å². The summed E-state index contributed by atoms with van der Waals surface area (Å²) in [6.45, 7) is 3.02. The summed E-state index contributed by atoms with van der Waals surface area (Å²) in [6.07, 6.45) is 1.20. The largest absolute Gasteiger partial charge is 0.468 e. The number of aliphatic hydroxyl groups is 1. The number of likely N-dealkylation sites (tertiary alicyclic amines) is 1. The minimum atomic E-state index is -0.774. The summed E-state index contributed by atoms with van der Waals surface area (Å²) in [5, 5.41) is 10.5. The van der Waals surface area contributed by atoms with Gasteiger partial charge in [-0.05, 0) is 29.3 Å². The lowest BCUT2D eigenvalue weighted by atomic mass is 9.95. The molecule has 0 saturated carbocycles. The number of fused-ring (bicyclic) bond motifs is 1. The Labute approximate surface area is 159 Å². The van der Waals surface area contributed by atoms with Crippen LogP contribution in [0.25, 0.3) is 0 Å². The molecule has 0 amide bonds. The average molecular weight is 427 g/mol. The van der Waals surface area contributed by atoms with Gasteiger partial charge in [0.1, 0.15) is 11.6 Å². The van der Waals surface area contributed by atoms with E-state index >= 15 is 0 Å². The van der Waals surface area contributed by atoms with Crippen LogP contribution in [0.2, 0.25) is 5.02 Å². The van der Waals surface area contributed by atoms with Gasteiger partial charge >= 0.3 is 0 Å². The monoisotopic (exact) mass is 425 g/mol. The standard InChI is InChI=1S/C19H18BrClFNO2/c1-18(24)7-8-23(11-18)19(12-5-3-2-4-6-12)10-13-15(25-19)9-14(22)17(21)16(13)20/h2-6,9,24H,7-8,10-11H2,1H3/t18?,19-/m0/s1. The molecule has 132 valence electrons. The molecule has 2 heterocycles. The maximum atomic E-state index is 14.1. The number of halogens is 3. The van der Waals surface area contributed by atoms with Crippen molar-refractivity contribution in [1.82, 2.24) is 4.90 Å². The number of hydrogen-bond donors (Lipinski definition) is 1. The van der Waals surface area contributed by atoms with Gasteiger partial charge in [-0.3, -0.25) is 4.90 Å². The van der Waals surface area contributed by atoms with E-state index in [1.807, 2.05) is 37.3 Å². The van der Waals surface area contributed by atoms with Gasteiger partial charge < -0.3 is 9.84 Å². The summed E-state index contributed by atoms with van der Waals surface area (Å²) < 4.78 is 21.0. The van der Waals surface area contributed by atoms with E-state index in [-0.39, 0.29) is 5.02 Å². The Morgan fingerprint density at radius 1 is 1.32 bits per heavy atom. The first-order valence-electron chi connectivity index (χ1n) is 8.21. The Balaban J connectivity index is 1.83. The highest BCUT2D eigenvalue weighted by atomic mass is 79.9. The summed E-state index contributed by atoms with van der Waals surface area (Å²) in [5.74, 6) is -0.0197. The molecule has 1 fully saturated rings. The van der Waals surface area contributed by atoms with Crippen molar-refractivity contribution in [2.24, 2.45) is 0 Å². The molecule has 1 saturated heterocycles. The van der Waals surface area contributed by atoms with E-state index in [2.05, 4.69) is 20.8 Å². The van der Waals surface area contributed by atoms with E-state index in [0.717, 1.165) is 11.1 Å². The third-order valence-corrected chi connectivity index (χ3v) is 6.58. The summed E-state index contributed by atoms with van der Waals surface area (Å²) in [7, 11) is 0. The van der Waals surface area contributed by atoms with Crippen LogP contribution >= 0.6 is 27.5 Å². The topological polar surface area (TPSA) is 32.7 Å². The Bertz CT molecular complexity index is 830. The van der Waals surface area contributed by atoms with Crippen molar-refractivity contribution in [3.05, 3.63) is 62.8 Å². The van der Waals surface area contributed by atoms with Crippen molar-refractivity contribution < 1.29 is 14.2 Å². The third-order valence-electron chi connectivity index (χ3n) is 5.11. The second-order valence-electron chi connectivity index (χ2n) is 7.06. The second kappa shape index (κ2) is 5.95. The van der Waals surface area contributed by atoms with Crippen LogP contribution in [0.4, 0.5) is 4.39 Å². The molecular formula is C19H18BrClFNO2. The number of β-amino-alcohol motifs (C(OH)–C–C–N with tert-alkyl or cyclic N) is 1. The lowest BCUT2D eigenvalue weighted by molar-refractivity contribution is -0.0758. The molecule has 2 aromatic carbocycles. The van der Waals surface area contributed by atoms with Crippen LogP contribution in [-0.2, 0) is 12.1 Å². The molecule has 1 N–H and O–H groups in total. The molecule has 0 aliphatic carbocycles. The first-order chi connectivity index (χ1) is 11.8. The zero-order valence-corrected chi connectivity index (χ0v) is 16.1. The van der Waals surface area contributed by atoms with Gasteiger partial charge in [0.25, 0.3) is 0 Å². The summed E-state index contributed by atoms with van der Waals surface area (Å²) in [5.41, 5.74) is 0.290. The van der Waals surface area contributed by atoms with Crippen LogP contribution < -0.4 is 4.74 Å². The van der Waals surface area contributed by atoms with Gasteiger partial charge in [0.05, 0.1) is 10.6 Å². The highest BCUT2D eigenvalue weighted by Gasteiger charge is 2.51. The highest BCUT2D eigenvalue weighted by Crippen LogP contribution is 2.50. The van der Waals surface area contributed by atoms with Crippen molar-refractivity contribution >= 4 is 27.5 Å². The quantitative estimate of drug-likeness (QED) is 0.719. The zero-order valence-electron chi connectivity index (χ0n) is 13.7. The molecule has 0 aromatic heterocycles. The predicted octanol–water partition coefficient (Wildman–Crippen LogP) is 4.49. The van der Waals surface area contributed by atoms with Crippen LogP contribution in [-0.4, -0.2) is 28.7 Å². The van der Waals surface area contributed by atoms with Gasteiger partial charge in [0.2, 0.25) is 0 Å². The van der Waals surface area contributed by atoms with Gasteiger partial charge in [-0.15, -0.1) is 0 Å². The maximum absolute atomic E-state index is 14.1. The Morgan fingerprint density at radius 2 is 2.04 bits per heavy atom. The molecule has 3 nitrogen and oxygen atoms in total. The van der Waals surface area contributed by atoms with E-state index < -0.39 is 17.1 Å². The predicted molar refractivity (Wildman–Crippen MR) is 98.4 cm³/mol. The maximum Gasteiger partial charge on any atom is 0.194 e. The molecule has 2 atom stereocenters. The molecule has 2 aromatic rings. The minimum absolute atomic E-state index is 0.0691. The van der Waals surface area contributed by atoms with Crippen molar-refractivity contribution in [1.29, 1.82) is 0 Å². The zero-order chi connectivity index (χ0) is 17.8. The third kappa shape index (κ3) is 2.78. The number of nitrogens with zero attached hydrogens (tertiary/aromatic N) is 1. The first-order valence-corrected chi connectivity index (χ1v) is 9.38. The van der Waals surface area contributed by atoms with Gasteiger partial charge in [-0.2, -0.15) is 0 Å². The van der Waals surface area contributed by atoms with E-state index in [4.69, 9.17) is 16.3 Å². The van der Waals surface area contributed by atoms with E-state index in [1.165, 1.54) is 6.07 Å². The highest BCUT2D eigenvalue weighted by molar-refractivity contribution is 9.10. The summed E-state index contributed by atoms with van der Waals surface area (Å²) >= 11 is 9.49. The SMILES string of the molecule is CC1(O)CCN([C@@]2(c3ccccc3)Cc3c(cc(F)c(Cl)c3Br)O2)C1. The van der Waals surface area contributed by atoms with E-state index in [0.29, 0.717) is 36.2 Å². The summed E-state index contributed by atoms with van der Waals surface area (Å²) in [4.78, 5) is 2.14. The second-order valence-corrected chi connectivity index (χ2v) is 8.23. The van der Waals surface area contributed by atoms with Crippen LogP contribution in [0.3, 0.4) is 0 Å². The molecule has 2 aliphatic rings. The van der Waals surface area contributed by atoms with Crippen molar-refractivity contribution in [3.8, 4) is 5.75 Å². The van der Waals surface area contributed by atoms with E-state index in [9.17, 15) is 9.50 Å². The number of ether oxygens (including phenoxy) is 1. The Kier molecular flexibility index (Phi) is 4.11.